The first kappa shape index (κ1) is 24.2. The van der Waals surface area contributed by atoms with Gasteiger partial charge in [-0.25, -0.2) is 15.0 Å². The Balaban J connectivity index is 1.44. The van der Waals surface area contributed by atoms with Gasteiger partial charge < -0.3 is 0 Å². The lowest BCUT2D eigenvalue weighted by Gasteiger charge is -2.10. The van der Waals surface area contributed by atoms with Crippen LogP contribution in [0.25, 0.3) is 56.4 Å². The maximum atomic E-state index is 9.30. The Kier molecular flexibility index (Phi) is 6.66. The quantitative estimate of drug-likeness (QED) is 0.228. The average molecular weight is 521 g/mol. The van der Waals surface area contributed by atoms with E-state index >= 15 is 0 Å². The largest absolute Gasteiger partial charge is 0.208 e. The van der Waals surface area contributed by atoms with Crippen LogP contribution in [-0.2, 0) is 0 Å². The minimum absolute atomic E-state index is 0.584. The molecule has 0 aliphatic rings. The molecule has 6 aromatic rings. The van der Waals surface area contributed by atoms with Crippen molar-refractivity contribution in [2.24, 2.45) is 0 Å². The van der Waals surface area contributed by atoms with Crippen molar-refractivity contribution >= 4 is 11.6 Å². The molecule has 0 bridgehead atoms. The van der Waals surface area contributed by atoms with Crippen LogP contribution in [0.4, 0.5) is 0 Å². The zero-order valence-electron chi connectivity index (χ0n) is 20.8. The van der Waals surface area contributed by atoms with E-state index in [0.717, 1.165) is 38.9 Å². The van der Waals surface area contributed by atoms with Crippen molar-refractivity contribution < 1.29 is 0 Å². The van der Waals surface area contributed by atoms with E-state index in [4.69, 9.17) is 26.6 Å². The number of benzene rings is 5. The van der Waals surface area contributed by atoms with Gasteiger partial charge in [-0.2, -0.15) is 5.26 Å². The molecule has 0 unspecified atom stereocenters. The number of nitriles is 1. The van der Waals surface area contributed by atoms with Crippen molar-refractivity contribution in [1.82, 2.24) is 15.0 Å². The van der Waals surface area contributed by atoms with E-state index in [1.165, 1.54) is 0 Å². The van der Waals surface area contributed by atoms with Crippen LogP contribution in [0, 0.1) is 11.3 Å². The smallest absolute Gasteiger partial charge is 0.164 e. The van der Waals surface area contributed by atoms with Gasteiger partial charge >= 0.3 is 0 Å². The molecule has 0 aliphatic carbocycles. The molecule has 0 atom stereocenters. The second kappa shape index (κ2) is 10.7. The van der Waals surface area contributed by atoms with Gasteiger partial charge in [0.1, 0.15) is 0 Å². The number of rotatable bonds is 5. The summed E-state index contributed by atoms with van der Waals surface area (Å²) in [5.74, 6) is 1.78. The van der Waals surface area contributed by atoms with Crippen LogP contribution >= 0.6 is 11.6 Å². The molecule has 6 rings (SSSR count). The number of hydrogen-bond donors (Lipinski definition) is 0. The highest BCUT2D eigenvalue weighted by Gasteiger charge is 2.13. The summed E-state index contributed by atoms with van der Waals surface area (Å²) in [5.41, 5.74) is 7.46. The van der Waals surface area contributed by atoms with E-state index in [-0.39, 0.29) is 0 Å². The highest BCUT2D eigenvalue weighted by Crippen LogP contribution is 2.31. The van der Waals surface area contributed by atoms with Gasteiger partial charge in [-0.1, -0.05) is 90.5 Å². The van der Waals surface area contributed by atoms with Crippen molar-refractivity contribution in [2.45, 2.75) is 0 Å². The van der Waals surface area contributed by atoms with Gasteiger partial charge in [-0.05, 0) is 70.8 Å². The van der Waals surface area contributed by atoms with E-state index in [2.05, 4.69) is 36.4 Å². The van der Waals surface area contributed by atoms with Gasteiger partial charge in [0.2, 0.25) is 0 Å². The molecule has 1 heterocycles. The lowest BCUT2D eigenvalue weighted by atomic mass is 9.97. The Morgan fingerprint density at radius 2 is 0.872 bits per heavy atom. The van der Waals surface area contributed by atoms with Crippen molar-refractivity contribution in [1.29, 1.82) is 5.26 Å². The van der Waals surface area contributed by atoms with Crippen LogP contribution in [-0.4, -0.2) is 15.0 Å². The average Bonchev–Trinajstić information content (AvgIpc) is 3.02. The maximum absolute atomic E-state index is 9.30. The standard InChI is InChI=1S/C34H21ClN4/c35-31-17-15-25(16-18-31)33-37-32(24-8-2-1-3-9-24)38-34(39-33)30-14-6-13-29(21-30)28-12-5-11-27(20-28)26-10-4-7-23(19-26)22-36/h1-21H. The summed E-state index contributed by atoms with van der Waals surface area (Å²) in [7, 11) is 0. The molecule has 0 aliphatic heterocycles. The predicted molar refractivity (Wildman–Crippen MR) is 157 cm³/mol. The fraction of sp³-hybridized carbons (Fsp3) is 0. The van der Waals surface area contributed by atoms with Crippen molar-refractivity contribution in [3.05, 3.63) is 138 Å². The molecule has 5 heteroatoms. The molecule has 0 saturated carbocycles. The number of halogens is 1. The zero-order chi connectivity index (χ0) is 26.6. The minimum atomic E-state index is 0.584. The van der Waals surface area contributed by atoms with Crippen molar-refractivity contribution in [2.75, 3.05) is 0 Å². The van der Waals surface area contributed by atoms with Crippen LogP contribution in [0.2, 0.25) is 5.02 Å². The fourth-order valence-electron chi connectivity index (χ4n) is 4.43. The van der Waals surface area contributed by atoms with Crippen LogP contribution in [0.5, 0.6) is 0 Å². The monoisotopic (exact) mass is 520 g/mol. The van der Waals surface area contributed by atoms with Gasteiger partial charge in [0.05, 0.1) is 11.6 Å². The molecular weight excluding hydrogens is 500 g/mol. The molecule has 0 amide bonds. The molecule has 1 aromatic heterocycles. The van der Waals surface area contributed by atoms with E-state index in [1.54, 1.807) is 0 Å². The number of aromatic nitrogens is 3. The molecule has 0 radical (unpaired) electrons. The van der Waals surface area contributed by atoms with E-state index in [9.17, 15) is 5.26 Å². The molecule has 5 aromatic carbocycles. The molecule has 0 saturated heterocycles. The lowest BCUT2D eigenvalue weighted by molar-refractivity contribution is 1.07. The molecule has 4 nitrogen and oxygen atoms in total. The first-order chi connectivity index (χ1) is 19.2. The highest BCUT2D eigenvalue weighted by atomic mass is 35.5. The lowest BCUT2D eigenvalue weighted by Crippen LogP contribution is -2.00. The SMILES string of the molecule is N#Cc1cccc(-c2cccc(-c3cccc(-c4nc(-c5ccccc5)nc(-c5ccc(Cl)cc5)n4)c3)c2)c1. The Morgan fingerprint density at radius 3 is 1.46 bits per heavy atom. The Bertz CT molecular complexity index is 1820. The summed E-state index contributed by atoms with van der Waals surface area (Å²) >= 11 is 6.13. The van der Waals surface area contributed by atoms with Crippen molar-refractivity contribution in [3.8, 4) is 62.5 Å². The van der Waals surface area contributed by atoms with Crippen molar-refractivity contribution in [3.63, 3.8) is 0 Å². The second-order valence-electron chi connectivity index (χ2n) is 9.03. The first-order valence-corrected chi connectivity index (χ1v) is 12.8. The molecule has 39 heavy (non-hydrogen) atoms. The van der Waals surface area contributed by atoms with Gasteiger partial charge in [-0.15, -0.1) is 0 Å². The van der Waals surface area contributed by atoms with Crippen LogP contribution in [0.3, 0.4) is 0 Å². The number of hydrogen-bond acceptors (Lipinski definition) is 4. The van der Waals surface area contributed by atoms with Gasteiger partial charge in [0, 0.05) is 21.7 Å². The van der Waals surface area contributed by atoms with Gasteiger partial charge in [0.15, 0.2) is 17.5 Å². The first-order valence-electron chi connectivity index (χ1n) is 12.5. The zero-order valence-corrected chi connectivity index (χ0v) is 21.5. The summed E-state index contributed by atoms with van der Waals surface area (Å²) in [6.45, 7) is 0. The second-order valence-corrected chi connectivity index (χ2v) is 9.47. The van der Waals surface area contributed by atoms with Crippen LogP contribution < -0.4 is 0 Å². The summed E-state index contributed by atoms with van der Waals surface area (Å²) in [5, 5.41) is 9.96. The summed E-state index contributed by atoms with van der Waals surface area (Å²) in [6, 6.07) is 43.8. The number of nitrogens with zero attached hydrogens (tertiary/aromatic N) is 4. The summed E-state index contributed by atoms with van der Waals surface area (Å²) < 4.78 is 0. The summed E-state index contributed by atoms with van der Waals surface area (Å²) in [4.78, 5) is 14.5. The highest BCUT2D eigenvalue weighted by molar-refractivity contribution is 6.30. The third kappa shape index (κ3) is 5.31. The maximum Gasteiger partial charge on any atom is 0.164 e. The van der Waals surface area contributed by atoms with Gasteiger partial charge in [-0.3, -0.25) is 0 Å². The minimum Gasteiger partial charge on any atom is -0.208 e. The molecular formula is C34H21ClN4. The van der Waals surface area contributed by atoms with Crippen LogP contribution in [0.1, 0.15) is 5.56 Å². The molecule has 0 N–H and O–H groups in total. The van der Waals surface area contributed by atoms with E-state index < -0.39 is 0 Å². The Hall–Kier alpha value is -5.11. The van der Waals surface area contributed by atoms with E-state index in [0.29, 0.717) is 28.1 Å². The Labute approximate surface area is 231 Å². The predicted octanol–water partition coefficient (Wildman–Crippen LogP) is 8.73. The van der Waals surface area contributed by atoms with E-state index in [1.807, 2.05) is 97.1 Å². The topological polar surface area (TPSA) is 62.5 Å². The Morgan fingerprint density at radius 1 is 0.436 bits per heavy atom. The summed E-state index contributed by atoms with van der Waals surface area (Å²) in [6.07, 6.45) is 0. The molecule has 0 fully saturated rings. The third-order valence-electron chi connectivity index (χ3n) is 6.41. The molecule has 184 valence electrons. The fourth-order valence-corrected chi connectivity index (χ4v) is 4.56. The van der Waals surface area contributed by atoms with Crippen LogP contribution in [0.15, 0.2) is 127 Å². The van der Waals surface area contributed by atoms with Gasteiger partial charge in [0.25, 0.3) is 0 Å². The normalized spacial score (nSPS) is 10.7. The third-order valence-corrected chi connectivity index (χ3v) is 6.66. The molecule has 0 spiro atoms.